The van der Waals surface area contributed by atoms with Crippen molar-refractivity contribution in [2.75, 3.05) is 18.4 Å². The topological polar surface area (TPSA) is 92.5 Å². The van der Waals surface area contributed by atoms with Gasteiger partial charge in [-0.3, -0.25) is 4.79 Å². The molecule has 0 bridgehead atoms. The second-order valence-corrected chi connectivity index (χ2v) is 11.2. The molecule has 35 heavy (non-hydrogen) atoms. The lowest BCUT2D eigenvalue weighted by Gasteiger charge is -2.30. The number of hydrogen-bond acceptors (Lipinski definition) is 5. The van der Waals surface area contributed by atoms with Gasteiger partial charge >= 0.3 is 0 Å². The third kappa shape index (κ3) is 5.55. The maximum atomic E-state index is 13.9. The average molecular weight is 562 g/mol. The molecule has 1 amide bonds. The highest BCUT2D eigenvalue weighted by Crippen LogP contribution is 2.30. The Labute approximate surface area is 212 Å². The Bertz CT molecular complexity index is 1380. The Kier molecular flexibility index (Phi) is 7.53. The van der Waals surface area contributed by atoms with Crippen molar-refractivity contribution in [3.05, 3.63) is 75.3 Å². The van der Waals surface area contributed by atoms with Gasteiger partial charge < -0.3 is 9.84 Å². The number of rotatable bonds is 6. The van der Waals surface area contributed by atoms with Crippen LogP contribution in [0.5, 0.6) is 0 Å². The summed E-state index contributed by atoms with van der Waals surface area (Å²) < 4.78 is 48.3. The van der Waals surface area contributed by atoms with Crippen LogP contribution in [-0.2, 0) is 14.8 Å². The molecule has 1 aromatic heterocycles. The van der Waals surface area contributed by atoms with Crippen molar-refractivity contribution < 1.29 is 22.1 Å². The molecule has 0 unspecified atom stereocenters. The van der Waals surface area contributed by atoms with Crippen LogP contribution in [0.1, 0.15) is 35.4 Å². The van der Waals surface area contributed by atoms with E-state index < -0.39 is 15.8 Å². The number of carbonyl (C=O) groups is 1. The van der Waals surface area contributed by atoms with Crippen molar-refractivity contribution in [1.29, 1.82) is 0 Å². The van der Waals surface area contributed by atoms with Crippen molar-refractivity contribution in [1.82, 2.24) is 9.46 Å². The van der Waals surface area contributed by atoms with Gasteiger partial charge in [0.2, 0.25) is 15.9 Å². The number of nitrogens with one attached hydrogen (secondary N) is 1. The number of hydrogen-bond donors (Lipinski definition) is 1. The van der Waals surface area contributed by atoms with Crippen molar-refractivity contribution in [3.8, 4) is 0 Å². The predicted octanol–water partition coefficient (Wildman–Crippen LogP) is 5.40. The lowest BCUT2D eigenvalue weighted by Crippen LogP contribution is -2.41. The highest BCUT2D eigenvalue weighted by Gasteiger charge is 2.36. The first-order chi connectivity index (χ1) is 16.7. The fraction of sp³-hybridized carbons (Fsp3) is 0.280. The number of aromatic nitrogens is 1. The molecule has 2 aromatic carbocycles. The van der Waals surface area contributed by atoms with Crippen LogP contribution in [-0.4, -0.2) is 36.9 Å². The molecule has 1 aliphatic rings. The third-order valence-electron chi connectivity index (χ3n) is 6.00. The number of aryl methyl sites for hydroxylation is 2. The van der Waals surface area contributed by atoms with Crippen molar-refractivity contribution in [2.45, 2.75) is 31.6 Å². The molecule has 0 aliphatic carbocycles. The fourth-order valence-corrected chi connectivity index (χ4v) is 6.00. The molecule has 184 valence electrons. The fourth-order valence-electron chi connectivity index (χ4n) is 4.03. The first kappa shape index (κ1) is 25.3. The predicted molar refractivity (Wildman–Crippen MR) is 136 cm³/mol. The van der Waals surface area contributed by atoms with Crippen LogP contribution in [0.4, 0.5) is 10.1 Å². The summed E-state index contributed by atoms with van der Waals surface area (Å²) in [5.41, 5.74) is 2.24. The van der Waals surface area contributed by atoms with Crippen molar-refractivity contribution in [2.24, 2.45) is 5.92 Å². The van der Waals surface area contributed by atoms with Crippen LogP contribution in [0.15, 0.2) is 56.4 Å². The Balaban J connectivity index is 1.45. The van der Waals surface area contributed by atoms with Gasteiger partial charge in [0.05, 0.1) is 0 Å². The van der Waals surface area contributed by atoms with E-state index in [1.54, 1.807) is 25.1 Å². The number of carbonyl (C=O) groups excluding carboxylic acids is 1. The number of sulfonamides is 1. The van der Waals surface area contributed by atoms with E-state index in [0.29, 0.717) is 24.1 Å². The van der Waals surface area contributed by atoms with E-state index in [1.165, 1.54) is 22.5 Å². The molecular weight excluding hydrogens is 537 g/mol. The molecule has 3 aromatic rings. The maximum Gasteiger partial charge on any atom is 0.248 e. The lowest BCUT2D eigenvalue weighted by molar-refractivity contribution is -0.120. The minimum Gasteiger partial charge on any atom is -0.355 e. The van der Waals surface area contributed by atoms with Crippen LogP contribution in [0, 0.1) is 25.6 Å². The van der Waals surface area contributed by atoms with Gasteiger partial charge in [-0.1, -0.05) is 39.3 Å². The summed E-state index contributed by atoms with van der Waals surface area (Å²) in [5, 5.41) is 6.75. The molecule has 2 heterocycles. The zero-order valence-electron chi connectivity index (χ0n) is 19.3. The summed E-state index contributed by atoms with van der Waals surface area (Å²) in [4.78, 5) is 12.7. The zero-order valence-corrected chi connectivity index (χ0v) is 21.7. The second kappa shape index (κ2) is 10.4. The monoisotopic (exact) mass is 561 g/mol. The summed E-state index contributed by atoms with van der Waals surface area (Å²) in [5.74, 6) is -0.813. The summed E-state index contributed by atoms with van der Waals surface area (Å²) in [6.45, 7) is 3.88. The molecule has 1 aliphatic heterocycles. The molecule has 0 atom stereocenters. The third-order valence-corrected chi connectivity index (χ3v) is 8.95. The quantitative estimate of drug-likeness (QED) is 0.434. The molecule has 0 radical (unpaired) electrons. The van der Waals surface area contributed by atoms with E-state index in [4.69, 9.17) is 4.52 Å². The van der Waals surface area contributed by atoms with Gasteiger partial charge in [0.25, 0.3) is 0 Å². The summed E-state index contributed by atoms with van der Waals surface area (Å²) >= 11 is 3.44. The number of anilines is 1. The number of benzene rings is 2. The highest BCUT2D eigenvalue weighted by molar-refractivity contribution is 9.10. The normalized spacial score (nSPS) is 15.5. The van der Waals surface area contributed by atoms with E-state index >= 15 is 0 Å². The molecule has 10 heteroatoms. The zero-order chi connectivity index (χ0) is 25.2. The summed E-state index contributed by atoms with van der Waals surface area (Å²) in [6, 6.07) is 11.7. The first-order valence-corrected chi connectivity index (χ1v) is 13.4. The molecule has 7 nitrogen and oxygen atoms in total. The van der Waals surface area contributed by atoms with Gasteiger partial charge in [-0.25, -0.2) is 12.8 Å². The van der Waals surface area contributed by atoms with E-state index in [9.17, 15) is 17.6 Å². The van der Waals surface area contributed by atoms with E-state index in [-0.39, 0.29) is 41.3 Å². The Morgan fingerprint density at radius 1 is 1.17 bits per heavy atom. The molecule has 0 saturated carbocycles. The molecule has 0 spiro atoms. The molecule has 1 fully saturated rings. The van der Waals surface area contributed by atoms with Crippen LogP contribution < -0.4 is 5.32 Å². The van der Waals surface area contributed by atoms with Gasteiger partial charge in [0, 0.05) is 34.7 Å². The highest BCUT2D eigenvalue weighted by atomic mass is 79.9. The maximum absolute atomic E-state index is 13.9. The molecule has 4 rings (SSSR count). The standard InChI is InChI=1S/C25H25BrFN3O4S/c1-16-15-20(8-9-21(16)26)28-25(31)19-11-13-30(14-12-19)35(32,33)24-17(2)29-34-23(24)10-7-18-5-3-4-6-22(18)27/h3-10,15,19H,11-14H2,1-2H3,(H,28,31)/b10-7+. The van der Waals surface area contributed by atoms with Gasteiger partial charge in [-0.05, 0) is 68.7 Å². The van der Waals surface area contributed by atoms with E-state index in [0.717, 1.165) is 10.0 Å². The number of piperidine rings is 1. The van der Waals surface area contributed by atoms with Gasteiger partial charge in [0.15, 0.2) is 10.7 Å². The van der Waals surface area contributed by atoms with Crippen molar-refractivity contribution >= 4 is 49.7 Å². The Hall–Kier alpha value is -2.82. The molecule has 1 N–H and O–H groups in total. The second-order valence-electron chi connectivity index (χ2n) is 8.45. The molecular formula is C25H25BrFN3O4S. The largest absolute Gasteiger partial charge is 0.355 e. The number of nitrogens with zero attached hydrogens (tertiary/aromatic N) is 2. The van der Waals surface area contributed by atoms with Crippen LogP contribution in [0.3, 0.4) is 0 Å². The van der Waals surface area contributed by atoms with Gasteiger partial charge in [0.1, 0.15) is 11.5 Å². The summed E-state index contributed by atoms with van der Waals surface area (Å²) in [7, 11) is -3.92. The van der Waals surface area contributed by atoms with Crippen LogP contribution in [0.2, 0.25) is 0 Å². The van der Waals surface area contributed by atoms with E-state index in [2.05, 4.69) is 26.4 Å². The van der Waals surface area contributed by atoms with Crippen LogP contribution in [0.25, 0.3) is 12.2 Å². The van der Waals surface area contributed by atoms with E-state index in [1.807, 2.05) is 25.1 Å². The Morgan fingerprint density at radius 2 is 1.89 bits per heavy atom. The first-order valence-electron chi connectivity index (χ1n) is 11.1. The summed E-state index contributed by atoms with van der Waals surface area (Å²) in [6.07, 6.45) is 3.65. The minimum absolute atomic E-state index is 0.0382. The van der Waals surface area contributed by atoms with Gasteiger partial charge in [-0.15, -0.1) is 0 Å². The number of amides is 1. The Morgan fingerprint density at radius 3 is 2.57 bits per heavy atom. The lowest BCUT2D eigenvalue weighted by atomic mass is 9.97. The van der Waals surface area contributed by atoms with Crippen molar-refractivity contribution in [3.63, 3.8) is 0 Å². The van der Waals surface area contributed by atoms with Crippen LogP contribution >= 0.6 is 15.9 Å². The minimum atomic E-state index is -3.92. The SMILES string of the molecule is Cc1cc(NC(=O)C2CCN(S(=O)(=O)c3c(C)noc3/C=C/c3ccccc3F)CC2)ccc1Br. The smallest absolute Gasteiger partial charge is 0.248 e. The van der Waals surface area contributed by atoms with Gasteiger partial charge in [-0.2, -0.15) is 4.31 Å². The molecule has 1 saturated heterocycles. The number of halogens is 2. The average Bonchev–Trinajstić information content (AvgIpc) is 3.22.